The molecule has 7 nitrogen and oxygen atoms in total. The molecule has 2 aromatic rings. The lowest BCUT2D eigenvalue weighted by molar-refractivity contribution is -0.138. The van der Waals surface area contributed by atoms with Gasteiger partial charge in [-0.25, -0.2) is 0 Å². The number of rotatable bonds is 5. The number of nitrogens with zero attached hydrogens (tertiary/aromatic N) is 1. The van der Waals surface area contributed by atoms with Crippen LogP contribution in [0.1, 0.15) is 50.8 Å². The molecule has 2 aliphatic rings. The highest BCUT2D eigenvalue weighted by molar-refractivity contribution is 6.06. The van der Waals surface area contributed by atoms with Gasteiger partial charge in [-0.15, -0.1) is 12.4 Å². The number of carbonyl (C=O) groups is 3. The number of fused-ring (bicyclic) bond motifs is 2. The van der Waals surface area contributed by atoms with Gasteiger partial charge in [-0.2, -0.15) is 0 Å². The van der Waals surface area contributed by atoms with Gasteiger partial charge in [0.15, 0.2) is 0 Å². The topological polar surface area (TPSA) is 98.7 Å². The van der Waals surface area contributed by atoms with E-state index in [1.54, 1.807) is 24.0 Å². The number of hydrogen-bond donors (Lipinski definition) is 3. The van der Waals surface area contributed by atoms with Crippen LogP contribution in [0, 0.1) is 0 Å². The van der Waals surface area contributed by atoms with Gasteiger partial charge in [-0.3, -0.25) is 14.4 Å². The number of carboxylic acids is 1. The van der Waals surface area contributed by atoms with Crippen LogP contribution in [0.4, 0.5) is 5.69 Å². The summed E-state index contributed by atoms with van der Waals surface area (Å²) in [6.45, 7) is 3.82. The Bertz CT molecular complexity index is 1010. The molecule has 0 aromatic heterocycles. The lowest BCUT2D eigenvalue weighted by Gasteiger charge is -2.22. The molecule has 30 heavy (non-hydrogen) atoms. The number of carboxylic acid groups (broad SMARTS) is 1. The number of aliphatic carboxylic acids is 1. The van der Waals surface area contributed by atoms with E-state index >= 15 is 0 Å². The first kappa shape index (κ1) is 21.8. The molecule has 0 saturated heterocycles. The van der Waals surface area contributed by atoms with Crippen LogP contribution in [-0.4, -0.2) is 40.4 Å². The zero-order valence-corrected chi connectivity index (χ0v) is 17.4. The Morgan fingerprint density at radius 3 is 2.70 bits per heavy atom. The molecule has 0 radical (unpaired) electrons. The third-order valence-corrected chi connectivity index (χ3v) is 5.56. The summed E-state index contributed by atoms with van der Waals surface area (Å²) >= 11 is 0. The van der Waals surface area contributed by atoms with Crippen molar-refractivity contribution in [3.63, 3.8) is 0 Å². The Morgan fingerprint density at radius 2 is 1.93 bits per heavy atom. The molecule has 2 heterocycles. The van der Waals surface area contributed by atoms with Crippen molar-refractivity contribution in [2.75, 3.05) is 11.9 Å². The third-order valence-electron chi connectivity index (χ3n) is 5.56. The Kier molecular flexibility index (Phi) is 6.43. The summed E-state index contributed by atoms with van der Waals surface area (Å²) in [4.78, 5) is 37.9. The Hall–Kier alpha value is -2.90. The van der Waals surface area contributed by atoms with E-state index in [1.807, 2.05) is 24.3 Å². The molecule has 0 bridgehead atoms. The van der Waals surface area contributed by atoms with Crippen molar-refractivity contribution in [1.82, 2.24) is 10.2 Å². The number of halogens is 1. The second kappa shape index (κ2) is 8.85. The molecular weight excluding hydrogens is 406 g/mol. The minimum atomic E-state index is -0.936. The number of nitrogens with one attached hydrogen (secondary N) is 2. The lowest BCUT2D eigenvalue weighted by atomic mass is 9.98. The average Bonchev–Trinajstić information content (AvgIpc) is 3.03. The molecular formula is C22H24ClN3O4. The minimum Gasteiger partial charge on any atom is -0.481 e. The lowest BCUT2D eigenvalue weighted by Crippen LogP contribution is -2.34. The van der Waals surface area contributed by atoms with Crippen molar-refractivity contribution in [3.05, 3.63) is 64.2 Å². The number of carbonyl (C=O) groups excluding carboxylic acids is 2. The highest BCUT2D eigenvalue weighted by Gasteiger charge is 2.31. The molecule has 2 aliphatic heterocycles. The van der Waals surface area contributed by atoms with E-state index in [1.165, 1.54) is 5.56 Å². The van der Waals surface area contributed by atoms with Gasteiger partial charge >= 0.3 is 5.97 Å². The van der Waals surface area contributed by atoms with Crippen molar-refractivity contribution >= 4 is 35.9 Å². The van der Waals surface area contributed by atoms with Gasteiger partial charge in [0, 0.05) is 35.9 Å². The van der Waals surface area contributed by atoms with Gasteiger partial charge in [0.05, 0.1) is 6.42 Å². The van der Waals surface area contributed by atoms with Crippen molar-refractivity contribution in [2.45, 2.75) is 38.9 Å². The van der Waals surface area contributed by atoms with Crippen LogP contribution in [0.3, 0.4) is 0 Å². The molecule has 2 aromatic carbocycles. The highest BCUT2D eigenvalue weighted by Crippen LogP contribution is 2.28. The van der Waals surface area contributed by atoms with E-state index in [9.17, 15) is 14.4 Å². The van der Waals surface area contributed by atoms with Gasteiger partial charge in [0.25, 0.3) is 11.8 Å². The van der Waals surface area contributed by atoms with E-state index in [0.717, 1.165) is 30.6 Å². The predicted molar refractivity (Wildman–Crippen MR) is 115 cm³/mol. The van der Waals surface area contributed by atoms with Gasteiger partial charge < -0.3 is 20.6 Å². The van der Waals surface area contributed by atoms with Crippen LogP contribution in [-0.2, 0) is 24.3 Å². The first-order valence-electron chi connectivity index (χ1n) is 9.72. The van der Waals surface area contributed by atoms with Crippen LogP contribution >= 0.6 is 12.4 Å². The second-order valence-corrected chi connectivity index (χ2v) is 7.62. The van der Waals surface area contributed by atoms with Crippen molar-refractivity contribution in [1.29, 1.82) is 0 Å². The molecule has 4 rings (SSSR count). The Morgan fingerprint density at radius 1 is 1.17 bits per heavy atom. The molecule has 8 heteroatoms. The summed E-state index contributed by atoms with van der Waals surface area (Å²) in [5.41, 5.74) is 4.87. The van der Waals surface area contributed by atoms with E-state index in [-0.39, 0.29) is 30.6 Å². The fraction of sp³-hybridized carbons (Fsp3) is 0.318. The summed E-state index contributed by atoms with van der Waals surface area (Å²) in [6.07, 6.45) is 0.859. The van der Waals surface area contributed by atoms with Crippen molar-refractivity contribution in [3.8, 4) is 0 Å². The van der Waals surface area contributed by atoms with Crippen LogP contribution in [0.5, 0.6) is 0 Å². The van der Waals surface area contributed by atoms with Crippen molar-refractivity contribution < 1.29 is 19.5 Å². The summed E-state index contributed by atoms with van der Waals surface area (Å²) in [7, 11) is 0. The summed E-state index contributed by atoms with van der Waals surface area (Å²) in [5, 5.41) is 15.2. The molecule has 0 saturated carbocycles. The molecule has 2 amide bonds. The average molecular weight is 430 g/mol. The maximum Gasteiger partial charge on any atom is 0.305 e. The van der Waals surface area contributed by atoms with E-state index in [0.29, 0.717) is 23.4 Å². The normalized spacial score (nSPS) is 15.6. The monoisotopic (exact) mass is 429 g/mol. The Labute approximate surface area is 180 Å². The SMILES string of the molecule is CC(CC(=O)O)N1Cc2ccc(NC(=O)c3ccc4c(c3)CNCC4)cc2C1=O.Cl. The first-order chi connectivity index (χ1) is 13.9. The maximum absolute atomic E-state index is 12.7. The second-order valence-electron chi connectivity index (χ2n) is 7.62. The molecule has 0 fully saturated rings. The fourth-order valence-electron chi connectivity index (χ4n) is 3.95. The largest absolute Gasteiger partial charge is 0.481 e. The number of amides is 2. The maximum atomic E-state index is 12.7. The molecule has 3 N–H and O–H groups in total. The van der Waals surface area contributed by atoms with E-state index in [2.05, 4.69) is 10.6 Å². The summed E-state index contributed by atoms with van der Waals surface area (Å²) in [6, 6.07) is 10.6. The molecule has 1 atom stereocenters. The fourth-order valence-corrected chi connectivity index (χ4v) is 3.95. The van der Waals surface area contributed by atoms with Crippen molar-refractivity contribution in [2.24, 2.45) is 0 Å². The highest BCUT2D eigenvalue weighted by atomic mass is 35.5. The molecule has 158 valence electrons. The molecule has 1 unspecified atom stereocenters. The number of hydrogen-bond acceptors (Lipinski definition) is 4. The smallest absolute Gasteiger partial charge is 0.305 e. The summed E-state index contributed by atoms with van der Waals surface area (Å²) in [5.74, 6) is -1.36. The van der Waals surface area contributed by atoms with Gasteiger partial charge in [0.2, 0.25) is 0 Å². The molecule has 0 aliphatic carbocycles. The number of benzene rings is 2. The van der Waals surface area contributed by atoms with Gasteiger partial charge in [0.1, 0.15) is 0 Å². The minimum absolute atomic E-state index is 0. The quantitative estimate of drug-likeness (QED) is 0.678. The standard InChI is InChI=1S/C22H23N3O4.ClH/c1-13(8-20(26)27)25-12-16-4-5-18(10-19(16)22(25)29)24-21(28)15-3-2-14-6-7-23-11-17(14)9-15;/h2-5,9-10,13,23H,6-8,11-12H2,1H3,(H,24,28)(H,26,27);1H. The van der Waals surface area contributed by atoms with Gasteiger partial charge in [-0.05, 0) is 60.8 Å². The predicted octanol–water partition coefficient (Wildman–Crippen LogP) is 2.83. The van der Waals surface area contributed by atoms with E-state index in [4.69, 9.17) is 5.11 Å². The van der Waals surface area contributed by atoms with Crippen LogP contribution < -0.4 is 10.6 Å². The van der Waals surface area contributed by atoms with Crippen LogP contribution in [0.15, 0.2) is 36.4 Å². The molecule has 0 spiro atoms. The summed E-state index contributed by atoms with van der Waals surface area (Å²) < 4.78 is 0. The number of anilines is 1. The first-order valence-corrected chi connectivity index (χ1v) is 9.72. The zero-order chi connectivity index (χ0) is 20.5. The third kappa shape index (κ3) is 4.32. The zero-order valence-electron chi connectivity index (χ0n) is 16.6. The van der Waals surface area contributed by atoms with E-state index < -0.39 is 12.0 Å². The van der Waals surface area contributed by atoms with Crippen LogP contribution in [0.2, 0.25) is 0 Å². The van der Waals surface area contributed by atoms with Crippen LogP contribution in [0.25, 0.3) is 0 Å². The Balaban J connectivity index is 0.00000256. The van der Waals surface area contributed by atoms with Gasteiger partial charge in [-0.1, -0.05) is 12.1 Å².